The Morgan fingerprint density at radius 2 is 2.50 bits per heavy atom. The van der Waals surface area contributed by atoms with Crippen molar-refractivity contribution in [3.8, 4) is 0 Å². The largest absolute Gasteiger partial charge is 0.472 e. The molecule has 1 aromatic rings. The molecule has 2 saturated heterocycles. The third kappa shape index (κ3) is 2.33. The fourth-order valence-electron chi connectivity index (χ4n) is 3.34. The Morgan fingerprint density at radius 1 is 1.56 bits per heavy atom. The van der Waals surface area contributed by atoms with Gasteiger partial charge in [-0.05, 0) is 44.0 Å². The molecule has 18 heavy (non-hydrogen) atoms. The maximum absolute atomic E-state index is 6.10. The number of ether oxygens (including phenoxy) is 1. The highest BCUT2D eigenvalue weighted by molar-refractivity contribution is 7.99. The van der Waals surface area contributed by atoms with Gasteiger partial charge in [0.15, 0.2) is 0 Å². The van der Waals surface area contributed by atoms with Crippen molar-refractivity contribution in [2.75, 3.05) is 25.2 Å². The van der Waals surface area contributed by atoms with E-state index < -0.39 is 0 Å². The molecule has 0 bridgehead atoms. The molecule has 0 aliphatic carbocycles. The lowest BCUT2D eigenvalue weighted by atomic mass is 9.79. The highest BCUT2D eigenvalue weighted by atomic mass is 32.2. The zero-order chi connectivity index (χ0) is 12.4. The summed E-state index contributed by atoms with van der Waals surface area (Å²) in [6.07, 6.45) is 7.17. The van der Waals surface area contributed by atoms with Crippen LogP contribution in [-0.2, 0) is 4.74 Å². The van der Waals surface area contributed by atoms with Crippen molar-refractivity contribution in [2.24, 2.45) is 5.92 Å². The van der Waals surface area contributed by atoms with Gasteiger partial charge in [0.25, 0.3) is 0 Å². The van der Waals surface area contributed by atoms with Crippen LogP contribution in [0.4, 0.5) is 0 Å². The monoisotopic (exact) mass is 267 g/mol. The summed E-state index contributed by atoms with van der Waals surface area (Å²) in [5, 5.41) is 3.46. The third-order valence-corrected chi connectivity index (χ3v) is 5.51. The number of nitrogens with one attached hydrogen (secondary N) is 1. The first kappa shape index (κ1) is 12.6. The fourth-order valence-corrected chi connectivity index (χ4v) is 4.72. The van der Waals surface area contributed by atoms with Crippen LogP contribution in [0.15, 0.2) is 23.0 Å². The molecule has 3 unspecified atom stereocenters. The molecule has 3 nitrogen and oxygen atoms in total. The predicted molar refractivity (Wildman–Crippen MR) is 73.9 cm³/mol. The standard InChI is InChI=1S/C14H21NO2S/c1-15-13(12-2-5-16-9-12)11-3-6-17-14(8-11)4-7-18-10-14/h2,5,9,11,13,15H,3-4,6-8,10H2,1H3. The summed E-state index contributed by atoms with van der Waals surface area (Å²) in [5.41, 5.74) is 1.43. The van der Waals surface area contributed by atoms with Crippen molar-refractivity contribution in [3.05, 3.63) is 24.2 Å². The van der Waals surface area contributed by atoms with Crippen LogP contribution >= 0.6 is 11.8 Å². The molecule has 2 aliphatic rings. The van der Waals surface area contributed by atoms with E-state index in [4.69, 9.17) is 9.15 Å². The minimum Gasteiger partial charge on any atom is -0.472 e. The third-order valence-electron chi connectivity index (χ3n) is 4.28. The van der Waals surface area contributed by atoms with E-state index in [9.17, 15) is 0 Å². The molecular formula is C14H21NO2S. The van der Waals surface area contributed by atoms with E-state index in [1.54, 1.807) is 6.26 Å². The first-order valence-electron chi connectivity index (χ1n) is 6.74. The van der Waals surface area contributed by atoms with E-state index in [2.05, 4.69) is 11.4 Å². The molecule has 0 aromatic carbocycles. The van der Waals surface area contributed by atoms with Crippen LogP contribution in [0, 0.1) is 5.92 Å². The van der Waals surface area contributed by atoms with Gasteiger partial charge in [0, 0.05) is 24.0 Å². The van der Waals surface area contributed by atoms with Crippen molar-refractivity contribution in [2.45, 2.75) is 30.9 Å². The van der Waals surface area contributed by atoms with Gasteiger partial charge < -0.3 is 14.5 Å². The molecule has 2 aliphatic heterocycles. The van der Waals surface area contributed by atoms with Gasteiger partial charge in [-0.25, -0.2) is 0 Å². The highest BCUT2D eigenvalue weighted by Gasteiger charge is 2.42. The molecule has 0 saturated carbocycles. The van der Waals surface area contributed by atoms with Gasteiger partial charge in [-0.2, -0.15) is 11.8 Å². The maximum Gasteiger partial charge on any atom is 0.0950 e. The Morgan fingerprint density at radius 3 is 3.17 bits per heavy atom. The van der Waals surface area contributed by atoms with Crippen LogP contribution in [0.2, 0.25) is 0 Å². The number of hydrogen-bond acceptors (Lipinski definition) is 4. The molecule has 0 amide bonds. The summed E-state index contributed by atoms with van der Waals surface area (Å²) >= 11 is 2.03. The maximum atomic E-state index is 6.10. The number of furan rings is 1. The minimum atomic E-state index is 0.159. The second kappa shape index (κ2) is 5.27. The lowest BCUT2D eigenvalue weighted by molar-refractivity contribution is -0.0850. The summed E-state index contributed by atoms with van der Waals surface area (Å²) < 4.78 is 11.3. The van der Waals surface area contributed by atoms with Crippen LogP contribution in [0.5, 0.6) is 0 Å². The molecule has 3 atom stereocenters. The normalized spacial score (nSPS) is 33.9. The molecule has 4 heteroatoms. The Labute approximate surface area is 113 Å². The van der Waals surface area contributed by atoms with Crippen molar-refractivity contribution in [1.29, 1.82) is 0 Å². The second-order valence-electron chi connectivity index (χ2n) is 5.41. The van der Waals surface area contributed by atoms with Gasteiger partial charge in [0.1, 0.15) is 0 Å². The smallest absolute Gasteiger partial charge is 0.0950 e. The van der Waals surface area contributed by atoms with Crippen LogP contribution in [0.1, 0.15) is 30.9 Å². The Balaban J connectivity index is 1.74. The van der Waals surface area contributed by atoms with Crippen molar-refractivity contribution >= 4 is 11.8 Å². The number of thioether (sulfide) groups is 1. The molecular weight excluding hydrogens is 246 g/mol. The van der Waals surface area contributed by atoms with E-state index >= 15 is 0 Å². The molecule has 0 radical (unpaired) electrons. The summed E-state index contributed by atoms with van der Waals surface area (Å²) in [4.78, 5) is 0. The van der Waals surface area contributed by atoms with Crippen molar-refractivity contribution < 1.29 is 9.15 Å². The SMILES string of the molecule is CNC(c1ccoc1)C1CCOC2(CCSC2)C1. The number of rotatable bonds is 3. The number of hydrogen-bond donors (Lipinski definition) is 1. The molecule has 100 valence electrons. The molecule has 3 rings (SSSR count). The van der Waals surface area contributed by atoms with E-state index in [-0.39, 0.29) is 5.60 Å². The Bertz CT molecular complexity index is 373. The second-order valence-corrected chi connectivity index (χ2v) is 6.52. The zero-order valence-electron chi connectivity index (χ0n) is 10.9. The van der Waals surface area contributed by atoms with Crippen LogP contribution in [-0.4, -0.2) is 30.8 Å². The molecule has 3 heterocycles. The van der Waals surface area contributed by atoms with Crippen LogP contribution in [0.25, 0.3) is 0 Å². The van der Waals surface area contributed by atoms with Crippen LogP contribution in [0.3, 0.4) is 0 Å². The quantitative estimate of drug-likeness (QED) is 0.913. The van der Waals surface area contributed by atoms with Gasteiger partial charge >= 0.3 is 0 Å². The average molecular weight is 267 g/mol. The van der Waals surface area contributed by atoms with Gasteiger partial charge in [0.2, 0.25) is 0 Å². The van der Waals surface area contributed by atoms with Gasteiger partial charge in [-0.15, -0.1) is 0 Å². The lowest BCUT2D eigenvalue weighted by Gasteiger charge is -2.40. The van der Waals surface area contributed by atoms with Crippen LogP contribution < -0.4 is 5.32 Å². The van der Waals surface area contributed by atoms with Gasteiger partial charge in [0.05, 0.1) is 18.1 Å². The first-order valence-corrected chi connectivity index (χ1v) is 7.89. The van der Waals surface area contributed by atoms with Crippen molar-refractivity contribution in [1.82, 2.24) is 5.32 Å². The summed E-state index contributed by atoms with van der Waals surface area (Å²) in [6, 6.07) is 2.47. The Kier molecular flexibility index (Phi) is 3.68. The molecule has 1 N–H and O–H groups in total. The van der Waals surface area contributed by atoms with E-state index in [1.807, 2.05) is 25.1 Å². The van der Waals surface area contributed by atoms with Crippen molar-refractivity contribution in [3.63, 3.8) is 0 Å². The summed E-state index contributed by atoms with van der Waals surface area (Å²) in [5.74, 6) is 3.08. The lowest BCUT2D eigenvalue weighted by Crippen LogP contribution is -2.43. The Hall–Kier alpha value is -0.450. The minimum absolute atomic E-state index is 0.159. The average Bonchev–Trinajstić information content (AvgIpc) is 3.03. The van der Waals surface area contributed by atoms with E-state index in [1.165, 1.54) is 29.9 Å². The van der Waals surface area contributed by atoms with E-state index in [0.717, 1.165) is 13.0 Å². The van der Waals surface area contributed by atoms with Gasteiger partial charge in [-0.3, -0.25) is 0 Å². The molecule has 2 fully saturated rings. The zero-order valence-corrected chi connectivity index (χ0v) is 11.7. The topological polar surface area (TPSA) is 34.4 Å². The summed E-state index contributed by atoms with van der Waals surface area (Å²) in [7, 11) is 2.04. The molecule has 1 spiro atoms. The summed E-state index contributed by atoms with van der Waals surface area (Å²) in [6.45, 7) is 0.904. The first-order chi connectivity index (χ1) is 8.83. The van der Waals surface area contributed by atoms with Gasteiger partial charge in [-0.1, -0.05) is 0 Å². The highest BCUT2D eigenvalue weighted by Crippen LogP contribution is 2.43. The van der Waals surface area contributed by atoms with E-state index in [0.29, 0.717) is 12.0 Å². The molecule has 1 aromatic heterocycles. The fraction of sp³-hybridized carbons (Fsp3) is 0.714. The predicted octanol–water partition coefficient (Wildman–Crippen LogP) is 2.84.